The van der Waals surface area contributed by atoms with Crippen molar-refractivity contribution in [2.75, 3.05) is 6.61 Å². The fourth-order valence-corrected chi connectivity index (χ4v) is 3.98. The number of benzene rings is 2. The molecule has 0 aliphatic carbocycles. The van der Waals surface area contributed by atoms with Gasteiger partial charge in [-0.15, -0.1) is 0 Å². The van der Waals surface area contributed by atoms with Crippen LogP contribution in [-0.4, -0.2) is 35.4 Å². The Morgan fingerprint density at radius 3 is 2.41 bits per heavy atom. The highest BCUT2D eigenvalue weighted by Gasteiger charge is 2.29. The molecule has 0 aliphatic rings. The lowest BCUT2D eigenvalue weighted by Crippen LogP contribution is -2.51. The summed E-state index contributed by atoms with van der Waals surface area (Å²) < 4.78 is 6.67. The summed E-state index contributed by atoms with van der Waals surface area (Å²) in [6.45, 7) is 10.3. The molecule has 32 heavy (non-hydrogen) atoms. The van der Waals surface area contributed by atoms with E-state index in [0.29, 0.717) is 18.7 Å². The second-order valence-corrected chi connectivity index (χ2v) is 8.95. The van der Waals surface area contributed by atoms with Crippen LogP contribution in [0.5, 0.6) is 5.75 Å². The van der Waals surface area contributed by atoms with E-state index < -0.39 is 6.04 Å². The van der Waals surface area contributed by atoms with Gasteiger partial charge in [-0.25, -0.2) is 0 Å². The van der Waals surface area contributed by atoms with Gasteiger partial charge in [0.05, 0.1) is 4.47 Å². The molecular weight excluding hydrogens is 468 g/mol. The lowest BCUT2D eigenvalue weighted by molar-refractivity contribution is -0.143. The second-order valence-electron chi connectivity index (χ2n) is 8.10. The van der Waals surface area contributed by atoms with Gasteiger partial charge in [-0.2, -0.15) is 0 Å². The predicted molar refractivity (Wildman–Crippen MR) is 133 cm³/mol. The van der Waals surface area contributed by atoms with Crippen molar-refractivity contribution in [1.29, 1.82) is 0 Å². The van der Waals surface area contributed by atoms with Crippen molar-refractivity contribution in [3.63, 3.8) is 0 Å². The molecule has 6 heteroatoms. The molecule has 174 valence electrons. The van der Waals surface area contributed by atoms with E-state index in [4.69, 9.17) is 4.74 Å². The minimum Gasteiger partial charge on any atom is -0.483 e. The van der Waals surface area contributed by atoms with Crippen molar-refractivity contribution in [3.05, 3.63) is 63.6 Å². The number of halogens is 1. The first-order valence-electron chi connectivity index (χ1n) is 11.4. The van der Waals surface area contributed by atoms with Gasteiger partial charge < -0.3 is 15.0 Å². The SMILES string of the molecule is CCc1ccc(OCC(=O)N(Cc2ccccc2C)[C@H](CC)C(=O)N[C@@H](C)CC)c(Br)c1. The zero-order chi connectivity index (χ0) is 23.7. The molecule has 2 aromatic carbocycles. The molecule has 0 saturated heterocycles. The van der Waals surface area contributed by atoms with Gasteiger partial charge in [0, 0.05) is 12.6 Å². The van der Waals surface area contributed by atoms with Gasteiger partial charge in [0.1, 0.15) is 11.8 Å². The number of carbonyl (C=O) groups excluding carboxylic acids is 2. The van der Waals surface area contributed by atoms with E-state index in [2.05, 4.69) is 28.2 Å². The van der Waals surface area contributed by atoms with Gasteiger partial charge in [0.25, 0.3) is 5.91 Å². The predicted octanol–water partition coefficient (Wildman–Crippen LogP) is 5.42. The third-order valence-corrected chi connectivity index (χ3v) is 6.36. The maximum atomic E-state index is 13.3. The van der Waals surface area contributed by atoms with Crippen molar-refractivity contribution >= 4 is 27.7 Å². The van der Waals surface area contributed by atoms with Gasteiger partial charge in [0.15, 0.2) is 6.61 Å². The molecule has 2 aromatic rings. The molecule has 0 spiro atoms. The molecule has 0 fully saturated rings. The first-order chi connectivity index (χ1) is 15.3. The number of rotatable bonds is 11. The van der Waals surface area contributed by atoms with Gasteiger partial charge in [-0.05, 0) is 77.9 Å². The van der Waals surface area contributed by atoms with Gasteiger partial charge in [-0.1, -0.05) is 51.1 Å². The average molecular weight is 503 g/mol. The van der Waals surface area contributed by atoms with Crippen LogP contribution in [0.2, 0.25) is 0 Å². The van der Waals surface area contributed by atoms with Crippen LogP contribution in [-0.2, 0) is 22.6 Å². The topological polar surface area (TPSA) is 58.6 Å². The maximum absolute atomic E-state index is 13.3. The fraction of sp³-hybridized carbons (Fsp3) is 0.462. The highest BCUT2D eigenvalue weighted by molar-refractivity contribution is 9.10. The molecule has 2 amide bonds. The molecule has 0 aliphatic heterocycles. The van der Waals surface area contributed by atoms with Crippen LogP contribution < -0.4 is 10.1 Å². The van der Waals surface area contributed by atoms with E-state index in [1.165, 1.54) is 5.56 Å². The Morgan fingerprint density at radius 1 is 1.09 bits per heavy atom. The van der Waals surface area contributed by atoms with Crippen LogP contribution in [0.3, 0.4) is 0 Å². The third kappa shape index (κ3) is 7.09. The molecule has 1 N–H and O–H groups in total. The normalized spacial score (nSPS) is 12.7. The number of nitrogens with one attached hydrogen (secondary N) is 1. The number of aryl methyl sites for hydroxylation is 2. The number of ether oxygens (including phenoxy) is 1. The second kappa shape index (κ2) is 12.6. The van der Waals surface area contributed by atoms with E-state index >= 15 is 0 Å². The first kappa shape index (κ1) is 25.9. The fourth-order valence-electron chi connectivity index (χ4n) is 3.44. The molecule has 0 unspecified atom stereocenters. The van der Waals surface area contributed by atoms with E-state index in [1.807, 2.05) is 70.2 Å². The molecule has 2 atom stereocenters. The monoisotopic (exact) mass is 502 g/mol. The van der Waals surface area contributed by atoms with Crippen molar-refractivity contribution in [3.8, 4) is 5.75 Å². The highest BCUT2D eigenvalue weighted by atomic mass is 79.9. The number of nitrogens with zero attached hydrogens (tertiary/aromatic N) is 1. The Bertz CT molecular complexity index is 916. The molecule has 0 aromatic heterocycles. The summed E-state index contributed by atoms with van der Waals surface area (Å²) in [5, 5.41) is 3.03. The number of hydrogen-bond acceptors (Lipinski definition) is 3. The lowest BCUT2D eigenvalue weighted by Gasteiger charge is -2.31. The van der Waals surface area contributed by atoms with Crippen molar-refractivity contribution in [2.45, 2.75) is 72.5 Å². The zero-order valence-electron chi connectivity index (χ0n) is 19.8. The lowest BCUT2D eigenvalue weighted by atomic mass is 10.1. The molecule has 2 rings (SSSR count). The summed E-state index contributed by atoms with van der Waals surface area (Å²) in [4.78, 5) is 28.0. The summed E-state index contributed by atoms with van der Waals surface area (Å²) in [7, 11) is 0. The quantitative estimate of drug-likeness (QED) is 0.446. The van der Waals surface area contributed by atoms with Crippen LogP contribution in [0.4, 0.5) is 0 Å². The Morgan fingerprint density at radius 2 is 1.81 bits per heavy atom. The van der Waals surface area contributed by atoms with Crippen LogP contribution in [0.25, 0.3) is 0 Å². The summed E-state index contributed by atoms with van der Waals surface area (Å²) in [5.74, 6) is 0.270. The van der Waals surface area contributed by atoms with Crippen molar-refractivity contribution in [1.82, 2.24) is 10.2 Å². The Labute approximate surface area is 200 Å². The Hall–Kier alpha value is -2.34. The first-order valence-corrected chi connectivity index (χ1v) is 12.1. The largest absolute Gasteiger partial charge is 0.483 e. The van der Waals surface area contributed by atoms with Crippen LogP contribution in [0.1, 0.15) is 57.2 Å². The molecule has 0 saturated carbocycles. The smallest absolute Gasteiger partial charge is 0.261 e. The van der Waals surface area contributed by atoms with Gasteiger partial charge in [0.2, 0.25) is 5.91 Å². The molecule has 0 bridgehead atoms. The summed E-state index contributed by atoms with van der Waals surface area (Å²) in [6.07, 6.45) is 2.28. The maximum Gasteiger partial charge on any atom is 0.261 e. The Balaban J connectivity index is 2.24. The van der Waals surface area contributed by atoms with Crippen molar-refractivity contribution in [2.24, 2.45) is 0 Å². The highest BCUT2D eigenvalue weighted by Crippen LogP contribution is 2.26. The average Bonchev–Trinajstić information content (AvgIpc) is 2.78. The van der Waals surface area contributed by atoms with E-state index in [9.17, 15) is 9.59 Å². The van der Waals surface area contributed by atoms with E-state index in [0.717, 1.165) is 28.4 Å². The standard InChI is InChI=1S/C26H35BrN2O3/c1-6-19(5)28-26(31)23(8-3)29(16-21-12-10-9-11-18(21)4)25(30)17-32-24-14-13-20(7-2)15-22(24)27/h9-15,19,23H,6-8,16-17H2,1-5H3,(H,28,31)/t19-,23+/m0/s1. The summed E-state index contributed by atoms with van der Waals surface area (Å²) in [5.41, 5.74) is 3.29. The minimum atomic E-state index is -0.564. The summed E-state index contributed by atoms with van der Waals surface area (Å²) in [6, 6.07) is 13.3. The van der Waals surface area contributed by atoms with Crippen LogP contribution in [0, 0.1) is 6.92 Å². The third-order valence-electron chi connectivity index (χ3n) is 5.74. The molecule has 5 nitrogen and oxygen atoms in total. The van der Waals surface area contributed by atoms with Gasteiger partial charge in [-0.3, -0.25) is 9.59 Å². The molecule has 0 heterocycles. The number of hydrogen-bond donors (Lipinski definition) is 1. The van der Waals surface area contributed by atoms with E-state index in [-0.39, 0.29) is 24.5 Å². The Kier molecular flexibility index (Phi) is 10.2. The van der Waals surface area contributed by atoms with Crippen LogP contribution >= 0.6 is 15.9 Å². The number of carbonyl (C=O) groups is 2. The van der Waals surface area contributed by atoms with Crippen LogP contribution in [0.15, 0.2) is 46.9 Å². The number of amides is 2. The molecular formula is C26H35BrN2O3. The zero-order valence-corrected chi connectivity index (χ0v) is 21.4. The van der Waals surface area contributed by atoms with Gasteiger partial charge >= 0.3 is 0 Å². The summed E-state index contributed by atoms with van der Waals surface area (Å²) >= 11 is 3.53. The minimum absolute atomic E-state index is 0.0521. The van der Waals surface area contributed by atoms with E-state index in [1.54, 1.807) is 4.90 Å². The van der Waals surface area contributed by atoms with Crippen molar-refractivity contribution < 1.29 is 14.3 Å². The molecule has 0 radical (unpaired) electrons.